The fourth-order valence-corrected chi connectivity index (χ4v) is 4.34. The molecule has 2 aliphatic rings. The first-order chi connectivity index (χ1) is 15.5. The van der Waals surface area contributed by atoms with E-state index in [0.717, 1.165) is 16.9 Å². The molecular formula is C25H27ClN2O4. The number of nitrogens with one attached hydrogen (secondary N) is 2. The standard InChI is InChI=1S/C25H27ClN2O4/c1-2-31-21-6-4-3-5-18(21)15-27-24(29)17-9-12-22-20(14-17)28-25(30)23(32-22)13-16-7-10-19(26)11-8-16/h3-8,10-11,13,17,20,22H,2,9,12,14-15H2,1H3,(H,27,29)(H,28,30)/b23-13-. The van der Waals surface area contributed by atoms with Crippen LogP contribution in [0.5, 0.6) is 5.75 Å². The van der Waals surface area contributed by atoms with E-state index in [1.165, 1.54) is 0 Å². The molecule has 0 radical (unpaired) electrons. The number of hydrogen-bond acceptors (Lipinski definition) is 4. The molecule has 32 heavy (non-hydrogen) atoms. The Hall–Kier alpha value is -2.99. The quantitative estimate of drug-likeness (QED) is 0.645. The maximum Gasteiger partial charge on any atom is 0.286 e. The smallest absolute Gasteiger partial charge is 0.286 e. The summed E-state index contributed by atoms with van der Waals surface area (Å²) in [6, 6.07) is 14.7. The number of carbonyl (C=O) groups is 2. The molecule has 6 nitrogen and oxygen atoms in total. The van der Waals surface area contributed by atoms with Gasteiger partial charge < -0.3 is 20.1 Å². The second kappa shape index (κ2) is 10.1. The van der Waals surface area contributed by atoms with Crippen molar-refractivity contribution in [3.8, 4) is 5.75 Å². The van der Waals surface area contributed by atoms with E-state index in [1.807, 2.05) is 43.3 Å². The topological polar surface area (TPSA) is 76.7 Å². The summed E-state index contributed by atoms with van der Waals surface area (Å²) in [5, 5.41) is 6.69. The number of morpholine rings is 1. The summed E-state index contributed by atoms with van der Waals surface area (Å²) in [7, 11) is 0. The lowest BCUT2D eigenvalue weighted by Gasteiger charge is -2.39. The van der Waals surface area contributed by atoms with Crippen molar-refractivity contribution in [2.75, 3.05) is 6.61 Å². The minimum Gasteiger partial charge on any atom is -0.494 e. The van der Waals surface area contributed by atoms with Crippen LogP contribution < -0.4 is 15.4 Å². The van der Waals surface area contributed by atoms with Crippen molar-refractivity contribution in [3.05, 3.63) is 70.4 Å². The Labute approximate surface area is 192 Å². The summed E-state index contributed by atoms with van der Waals surface area (Å²) in [6.07, 6.45) is 3.56. The highest BCUT2D eigenvalue weighted by atomic mass is 35.5. The maximum atomic E-state index is 12.8. The Morgan fingerprint density at radius 2 is 2.00 bits per heavy atom. The van der Waals surface area contributed by atoms with Crippen LogP contribution in [0, 0.1) is 5.92 Å². The molecule has 0 bridgehead atoms. The zero-order chi connectivity index (χ0) is 22.5. The second-order valence-electron chi connectivity index (χ2n) is 8.06. The van der Waals surface area contributed by atoms with E-state index >= 15 is 0 Å². The van der Waals surface area contributed by atoms with Gasteiger partial charge >= 0.3 is 0 Å². The van der Waals surface area contributed by atoms with Crippen LogP contribution in [-0.4, -0.2) is 30.6 Å². The van der Waals surface area contributed by atoms with Crippen molar-refractivity contribution in [2.45, 2.75) is 44.9 Å². The largest absolute Gasteiger partial charge is 0.494 e. The first-order valence-electron chi connectivity index (χ1n) is 11.0. The number of amides is 2. The summed E-state index contributed by atoms with van der Waals surface area (Å²) in [6.45, 7) is 2.92. The minimum atomic E-state index is -0.257. The van der Waals surface area contributed by atoms with Gasteiger partial charge in [-0.1, -0.05) is 41.9 Å². The highest BCUT2D eigenvalue weighted by molar-refractivity contribution is 6.30. The lowest BCUT2D eigenvalue weighted by atomic mass is 9.82. The summed E-state index contributed by atoms with van der Waals surface area (Å²) in [5.74, 6) is 0.650. The number of ether oxygens (including phenoxy) is 2. The third-order valence-corrected chi connectivity index (χ3v) is 6.12. The molecule has 2 aromatic carbocycles. The molecule has 2 amide bonds. The van der Waals surface area contributed by atoms with Crippen LogP contribution in [0.2, 0.25) is 5.02 Å². The molecule has 1 aliphatic heterocycles. The first kappa shape index (κ1) is 22.2. The van der Waals surface area contributed by atoms with Gasteiger partial charge in [0.15, 0.2) is 5.76 Å². The molecule has 3 unspecified atom stereocenters. The van der Waals surface area contributed by atoms with E-state index in [4.69, 9.17) is 21.1 Å². The Morgan fingerprint density at radius 1 is 1.22 bits per heavy atom. The zero-order valence-corrected chi connectivity index (χ0v) is 18.7. The average Bonchev–Trinajstić information content (AvgIpc) is 2.80. The van der Waals surface area contributed by atoms with Crippen molar-refractivity contribution in [3.63, 3.8) is 0 Å². The van der Waals surface area contributed by atoms with Gasteiger partial charge in [0.25, 0.3) is 5.91 Å². The van der Waals surface area contributed by atoms with Gasteiger partial charge in [-0.15, -0.1) is 0 Å². The predicted molar refractivity (Wildman–Crippen MR) is 123 cm³/mol. The lowest BCUT2D eigenvalue weighted by Crippen LogP contribution is -2.54. The third-order valence-electron chi connectivity index (χ3n) is 5.87. The van der Waals surface area contributed by atoms with Crippen LogP contribution in [0.4, 0.5) is 0 Å². The molecule has 2 fully saturated rings. The van der Waals surface area contributed by atoms with E-state index < -0.39 is 0 Å². The zero-order valence-electron chi connectivity index (χ0n) is 18.0. The first-order valence-corrected chi connectivity index (χ1v) is 11.3. The predicted octanol–water partition coefficient (Wildman–Crippen LogP) is 4.08. The molecule has 7 heteroatoms. The Bertz CT molecular complexity index is 1010. The van der Waals surface area contributed by atoms with Crippen LogP contribution in [-0.2, 0) is 20.9 Å². The van der Waals surface area contributed by atoms with Gasteiger partial charge in [-0.3, -0.25) is 9.59 Å². The molecule has 168 valence electrons. The number of carbonyl (C=O) groups excluding carboxylic acids is 2. The van der Waals surface area contributed by atoms with Gasteiger partial charge in [0.1, 0.15) is 11.9 Å². The molecule has 1 saturated carbocycles. The van der Waals surface area contributed by atoms with Crippen molar-refractivity contribution in [1.29, 1.82) is 0 Å². The molecule has 4 rings (SSSR count). The number of fused-ring (bicyclic) bond motifs is 1. The SMILES string of the molecule is CCOc1ccccc1CNC(=O)C1CCC2O/C(=C\c3ccc(Cl)cc3)C(=O)NC2C1. The average molecular weight is 455 g/mol. The van der Waals surface area contributed by atoms with E-state index in [2.05, 4.69) is 10.6 Å². The van der Waals surface area contributed by atoms with Crippen LogP contribution in [0.3, 0.4) is 0 Å². The lowest BCUT2D eigenvalue weighted by molar-refractivity contribution is -0.134. The van der Waals surface area contributed by atoms with Crippen LogP contribution in [0.25, 0.3) is 6.08 Å². The fourth-order valence-electron chi connectivity index (χ4n) is 4.21. The van der Waals surface area contributed by atoms with Crippen molar-refractivity contribution >= 4 is 29.5 Å². The van der Waals surface area contributed by atoms with Gasteiger partial charge in [-0.25, -0.2) is 0 Å². The van der Waals surface area contributed by atoms with Crippen LogP contribution >= 0.6 is 11.6 Å². The minimum absolute atomic E-state index is 0.00787. The molecule has 3 atom stereocenters. The third kappa shape index (κ3) is 5.25. The van der Waals surface area contributed by atoms with E-state index in [-0.39, 0.29) is 29.9 Å². The Morgan fingerprint density at radius 3 is 2.78 bits per heavy atom. The van der Waals surface area contributed by atoms with Crippen LogP contribution in [0.1, 0.15) is 37.3 Å². The molecule has 0 aromatic heterocycles. The van der Waals surface area contributed by atoms with E-state index in [1.54, 1.807) is 18.2 Å². The Balaban J connectivity index is 1.34. The summed E-state index contributed by atoms with van der Waals surface area (Å²) in [5.41, 5.74) is 1.79. The van der Waals surface area contributed by atoms with Crippen molar-refractivity contribution in [2.24, 2.45) is 5.92 Å². The molecular weight excluding hydrogens is 428 g/mol. The van der Waals surface area contributed by atoms with Gasteiger partial charge in [0.05, 0.1) is 12.6 Å². The number of hydrogen-bond donors (Lipinski definition) is 2. The number of para-hydroxylation sites is 1. The Kier molecular flexibility index (Phi) is 7.00. The summed E-state index contributed by atoms with van der Waals surface area (Å²) < 4.78 is 11.6. The molecule has 2 N–H and O–H groups in total. The van der Waals surface area contributed by atoms with Gasteiger partial charge in [0.2, 0.25) is 5.91 Å². The van der Waals surface area contributed by atoms with Crippen LogP contribution in [0.15, 0.2) is 54.3 Å². The monoisotopic (exact) mass is 454 g/mol. The van der Waals surface area contributed by atoms with Crippen molar-refractivity contribution in [1.82, 2.24) is 10.6 Å². The number of rotatable bonds is 6. The molecule has 0 spiro atoms. The second-order valence-corrected chi connectivity index (χ2v) is 8.50. The molecule has 1 heterocycles. The molecule has 1 aliphatic carbocycles. The highest BCUT2D eigenvalue weighted by Crippen LogP contribution is 2.32. The molecule has 1 saturated heterocycles. The molecule has 2 aromatic rings. The van der Waals surface area contributed by atoms with Gasteiger partial charge in [0, 0.05) is 23.0 Å². The van der Waals surface area contributed by atoms with E-state index in [0.29, 0.717) is 43.2 Å². The normalized spacial score (nSPS) is 23.6. The highest BCUT2D eigenvalue weighted by Gasteiger charge is 2.40. The van der Waals surface area contributed by atoms with Crippen molar-refractivity contribution < 1.29 is 19.1 Å². The van der Waals surface area contributed by atoms with Gasteiger partial charge in [-0.05, 0) is 56.0 Å². The summed E-state index contributed by atoms with van der Waals surface area (Å²) >= 11 is 5.92. The maximum absolute atomic E-state index is 12.8. The van der Waals surface area contributed by atoms with E-state index in [9.17, 15) is 9.59 Å². The number of benzene rings is 2. The summed E-state index contributed by atoms with van der Waals surface area (Å²) in [4.78, 5) is 25.4. The van der Waals surface area contributed by atoms with Gasteiger partial charge in [-0.2, -0.15) is 0 Å². The number of halogens is 1. The fraction of sp³-hybridized carbons (Fsp3) is 0.360.